The summed E-state index contributed by atoms with van der Waals surface area (Å²) in [5, 5.41) is 4.96. The first-order valence-corrected chi connectivity index (χ1v) is 13.6. The predicted octanol–water partition coefficient (Wildman–Crippen LogP) is 9.83. The summed E-state index contributed by atoms with van der Waals surface area (Å²) in [5.74, 6) is 0. The van der Waals surface area contributed by atoms with E-state index in [1.165, 1.54) is 29.3 Å². The highest BCUT2D eigenvalue weighted by molar-refractivity contribution is 8.07. The van der Waals surface area contributed by atoms with E-state index in [2.05, 4.69) is 32.1 Å². The number of rotatable bonds is 9. The van der Waals surface area contributed by atoms with Crippen molar-refractivity contribution in [2.45, 2.75) is 71.9 Å². The molecule has 0 aliphatic heterocycles. The lowest BCUT2D eigenvalue weighted by atomic mass is 10.0. The van der Waals surface area contributed by atoms with Crippen LogP contribution in [0.5, 0.6) is 0 Å². The molecule has 1 atom stereocenters. The average Bonchev–Trinajstić information content (AvgIpc) is 3.24. The molecule has 1 heterocycles. The van der Waals surface area contributed by atoms with Gasteiger partial charge in [-0.25, -0.2) is 0 Å². The first-order chi connectivity index (χ1) is 18.5. The average molecular weight is 584 g/mol. The second-order valence-corrected chi connectivity index (χ2v) is 10.9. The molecule has 3 nitrogen and oxygen atoms in total. The second kappa shape index (κ2) is 14.1. The molecule has 2 N–H and O–H groups in total. The van der Waals surface area contributed by atoms with E-state index < -0.39 is 23.5 Å². The van der Waals surface area contributed by atoms with Crippen molar-refractivity contribution < 1.29 is 26.3 Å². The van der Waals surface area contributed by atoms with Crippen LogP contribution in [-0.2, 0) is 18.9 Å². The zero-order chi connectivity index (χ0) is 30.3. The molecule has 0 radical (unpaired) electrons. The van der Waals surface area contributed by atoms with E-state index in [1.54, 1.807) is 12.3 Å². The monoisotopic (exact) mass is 583 g/mol. The molecule has 0 amide bonds. The van der Waals surface area contributed by atoms with Gasteiger partial charge in [-0.3, -0.25) is 4.68 Å². The molecular formula is C30H35F6N3S. The minimum Gasteiger partial charge on any atom is -0.328 e. The highest BCUT2D eigenvalue weighted by Gasteiger charge is 2.38. The van der Waals surface area contributed by atoms with Crippen LogP contribution in [0.4, 0.5) is 26.3 Å². The van der Waals surface area contributed by atoms with Crippen LogP contribution in [0.3, 0.4) is 0 Å². The Balaban J connectivity index is 0.000000708. The van der Waals surface area contributed by atoms with Gasteiger partial charge in [-0.05, 0) is 78.6 Å². The number of hydrogen-bond acceptors (Lipinski definition) is 3. The number of allylic oxidation sites excluding steroid dienone is 2. The second-order valence-electron chi connectivity index (χ2n) is 9.56. The Kier molecular flexibility index (Phi) is 11.7. The minimum absolute atomic E-state index is 0.139. The Morgan fingerprint density at radius 2 is 1.70 bits per heavy atom. The van der Waals surface area contributed by atoms with Crippen molar-refractivity contribution in [2.75, 3.05) is 0 Å². The molecule has 0 bridgehead atoms. The van der Waals surface area contributed by atoms with E-state index in [0.717, 1.165) is 33.4 Å². The topological polar surface area (TPSA) is 43.8 Å². The van der Waals surface area contributed by atoms with E-state index in [1.807, 2.05) is 32.1 Å². The van der Waals surface area contributed by atoms with E-state index in [-0.39, 0.29) is 18.2 Å². The van der Waals surface area contributed by atoms with E-state index in [0.29, 0.717) is 23.0 Å². The largest absolute Gasteiger partial charge is 0.416 e. The normalized spacial score (nSPS) is 13.1. The van der Waals surface area contributed by atoms with Crippen molar-refractivity contribution in [1.82, 2.24) is 9.78 Å². The van der Waals surface area contributed by atoms with Gasteiger partial charge in [0.25, 0.3) is 0 Å². The van der Waals surface area contributed by atoms with E-state index >= 15 is 0 Å². The Hall–Kier alpha value is -2.98. The predicted molar refractivity (Wildman–Crippen MR) is 154 cm³/mol. The van der Waals surface area contributed by atoms with Gasteiger partial charge in [0, 0.05) is 22.5 Å². The summed E-state index contributed by atoms with van der Waals surface area (Å²) < 4.78 is 80.3. The van der Waals surface area contributed by atoms with Gasteiger partial charge in [-0.2, -0.15) is 31.4 Å². The molecule has 3 rings (SSSR count). The fourth-order valence-corrected chi connectivity index (χ4v) is 4.49. The van der Waals surface area contributed by atoms with Gasteiger partial charge in [0.1, 0.15) is 0 Å². The highest BCUT2D eigenvalue weighted by atomic mass is 32.2. The third-order valence-electron chi connectivity index (χ3n) is 5.84. The van der Waals surface area contributed by atoms with Gasteiger partial charge in [0.05, 0.1) is 23.2 Å². The number of alkyl halides is 6. The van der Waals surface area contributed by atoms with Gasteiger partial charge in [-0.1, -0.05) is 57.3 Å². The molecule has 0 aliphatic carbocycles. The Labute approximate surface area is 235 Å². The van der Waals surface area contributed by atoms with Gasteiger partial charge in [-0.15, -0.1) is 0 Å². The molecule has 0 saturated carbocycles. The molecule has 3 aromatic rings. The first kappa shape index (κ1) is 33.2. The quantitative estimate of drug-likeness (QED) is 0.201. The number of benzene rings is 2. The van der Waals surface area contributed by atoms with Crippen LogP contribution in [-0.4, -0.2) is 15.8 Å². The lowest BCUT2D eigenvalue weighted by molar-refractivity contribution is -0.143. The van der Waals surface area contributed by atoms with Crippen LogP contribution in [0.2, 0.25) is 0 Å². The van der Waals surface area contributed by atoms with Crippen LogP contribution in [0.25, 0.3) is 17.0 Å². The molecule has 1 aromatic heterocycles. The first-order valence-electron chi connectivity index (χ1n) is 12.8. The van der Waals surface area contributed by atoms with Crippen LogP contribution < -0.4 is 5.73 Å². The summed E-state index contributed by atoms with van der Waals surface area (Å²) in [4.78, 5) is 1.82. The maximum atomic E-state index is 13.4. The smallest absolute Gasteiger partial charge is 0.328 e. The third kappa shape index (κ3) is 9.89. The standard InChI is InChI=1S/C24H20F6N2S.C6H15N/c1-14(2)22(33-15(3)4)10-16-5-8-21-18(9-16)13-32(31-21)12-17-6-7-19(23(25,26)27)11-20(17)24(28,29)30;1-3-5-6(7)4-2/h5-11,13H,1,3,12H2,2,4H3;6H,3-5,7H2,1-2H3/b22-10-;. The van der Waals surface area contributed by atoms with Gasteiger partial charge in [0.2, 0.25) is 0 Å². The van der Waals surface area contributed by atoms with Crippen molar-refractivity contribution in [3.8, 4) is 0 Å². The van der Waals surface area contributed by atoms with Crippen molar-refractivity contribution in [3.63, 3.8) is 0 Å². The van der Waals surface area contributed by atoms with Crippen LogP contribution in [0.15, 0.2) is 71.1 Å². The number of fused-ring (bicyclic) bond motifs is 1. The zero-order valence-electron chi connectivity index (χ0n) is 23.1. The number of thioether (sulfide) groups is 1. The Morgan fingerprint density at radius 1 is 1.02 bits per heavy atom. The summed E-state index contributed by atoms with van der Waals surface area (Å²) in [6.07, 6.45) is -2.79. The van der Waals surface area contributed by atoms with Crippen molar-refractivity contribution >= 4 is 28.7 Å². The van der Waals surface area contributed by atoms with Gasteiger partial charge >= 0.3 is 12.4 Å². The number of hydrogen-bond donors (Lipinski definition) is 1. The molecular weight excluding hydrogens is 548 g/mol. The summed E-state index contributed by atoms with van der Waals surface area (Å²) in [6, 6.07) is 7.47. The Bertz CT molecular complexity index is 1350. The van der Waals surface area contributed by atoms with Crippen molar-refractivity contribution in [3.05, 3.63) is 93.4 Å². The molecule has 10 heteroatoms. The summed E-state index contributed by atoms with van der Waals surface area (Å²) in [6.45, 7) is 15.6. The summed E-state index contributed by atoms with van der Waals surface area (Å²) in [5.41, 5.74) is 4.87. The number of nitrogens with zero attached hydrogens (tertiary/aromatic N) is 2. The fourth-order valence-electron chi connectivity index (χ4n) is 3.75. The maximum absolute atomic E-state index is 13.4. The SMILES string of the molecule is C=C(C)S/C(=C\c1ccc2nn(Cc3ccc(C(F)(F)F)cc3C(F)(F)F)cc2c1)C(=C)C.CCCC(N)CC. The van der Waals surface area contributed by atoms with Gasteiger partial charge < -0.3 is 5.73 Å². The number of aromatic nitrogens is 2. The molecule has 40 heavy (non-hydrogen) atoms. The molecule has 0 fully saturated rings. The summed E-state index contributed by atoms with van der Waals surface area (Å²) >= 11 is 1.48. The molecule has 0 aliphatic rings. The van der Waals surface area contributed by atoms with Crippen LogP contribution in [0, 0.1) is 0 Å². The highest BCUT2D eigenvalue weighted by Crippen LogP contribution is 2.38. The fraction of sp³-hybridized carbons (Fsp3) is 0.367. The lowest BCUT2D eigenvalue weighted by Gasteiger charge is -2.16. The molecule has 218 valence electrons. The third-order valence-corrected chi connectivity index (χ3v) is 6.87. The zero-order valence-corrected chi connectivity index (χ0v) is 23.9. The van der Waals surface area contributed by atoms with Crippen molar-refractivity contribution in [1.29, 1.82) is 0 Å². The number of nitrogens with two attached hydrogens (primary N) is 1. The van der Waals surface area contributed by atoms with Crippen molar-refractivity contribution in [2.24, 2.45) is 5.73 Å². The number of halogens is 6. The van der Waals surface area contributed by atoms with Crippen LogP contribution in [0.1, 0.15) is 69.2 Å². The Morgan fingerprint density at radius 3 is 2.20 bits per heavy atom. The van der Waals surface area contributed by atoms with Crippen LogP contribution >= 0.6 is 11.8 Å². The molecule has 2 aromatic carbocycles. The van der Waals surface area contributed by atoms with E-state index in [9.17, 15) is 26.3 Å². The maximum Gasteiger partial charge on any atom is 0.416 e. The minimum atomic E-state index is -4.93. The molecule has 1 unspecified atom stereocenters. The molecule has 0 saturated heterocycles. The van der Waals surface area contributed by atoms with E-state index in [4.69, 9.17) is 5.73 Å². The van der Waals surface area contributed by atoms with Gasteiger partial charge in [0.15, 0.2) is 0 Å². The summed E-state index contributed by atoms with van der Waals surface area (Å²) in [7, 11) is 0. The molecule has 0 spiro atoms. The lowest BCUT2D eigenvalue weighted by Crippen LogP contribution is -2.17.